The van der Waals surface area contributed by atoms with Crippen LogP contribution in [0.5, 0.6) is 0 Å². The molecule has 1 atom stereocenters. The van der Waals surface area contributed by atoms with Gasteiger partial charge in [0.25, 0.3) is 0 Å². The van der Waals surface area contributed by atoms with E-state index in [-0.39, 0.29) is 0 Å². The van der Waals surface area contributed by atoms with E-state index >= 15 is 0 Å². The first-order valence-corrected chi connectivity index (χ1v) is 23.9. The van der Waals surface area contributed by atoms with Crippen LogP contribution >= 0.6 is 0 Å². The van der Waals surface area contributed by atoms with Crippen molar-refractivity contribution < 1.29 is 4.74 Å². The second-order valence-electron chi connectivity index (χ2n) is 17.5. The minimum Gasteiger partial charge on any atom is -0.381 e. The van der Waals surface area contributed by atoms with Gasteiger partial charge in [0.15, 0.2) is 0 Å². The zero-order valence-corrected chi connectivity index (χ0v) is 36.7. The van der Waals surface area contributed by atoms with Gasteiger partial charge in [0.2, 0.25) is 0 Å². The summed E-state index contributed by atoms with van der Waals surface area (Å²) in [7, 11) is 4.53. The fourth-order valence-electron chi connectivity index (χ4n) is 8.42. The lowest BCUT2D eigenvalue weighted by atomic mass is 9.89. The van der Waals surface area contributed by atoms with Gasteiger partial charge in [-0.05, 0) is 83.2 Å². The molecule has 0 spiro atoms. The zero-order valence-electron chi connectivity index (χ0n) is 36.7. The molecule has 0 saturated carbocycles. The summed E-state index contributed by atoms with van der Waals surface area (Å²) in [5, 5.41) is 0. The van der Waals surface area contributed by atoms with E-state index in [1.807, 2.05) is 0 Å². The van der Waals surface area contributed by atoms with Crippen molar-refractivity contribution in [2.24, 2.45) is 17.8 Å². The highest BCUT2D eigenvalue weighted by atomic mass is 16.5. The third-order valence-electron chi connectivity index (χ3n) is 11.8. The lowest BCUT2D eigenvalue weighted by molar-refractivity contribution is 0.113. The standard InChI is InChI=1S/C49H99NO/c1-8-12-24-35-47(36-25-13-9-2)41-32-34-46(5)33-28-20-19-22-30-40-49(45-50(6)7)39-29-21-17-16-18-23-31-43-51-44-42-48(37-26-14-10-3)38-27-15-11-4/h47-49H,5,8-45H2,1-4,6-7H3. The second-order valence-corrected chi connectivity index (χ2v) is 17.5. The molecule has 0 aromatic rings. The van der Waals surface area contributed by atoms with Gasteiger partial charge in [-0.3, -0.25) is 0 Å². The van der Waals surface area contributed by atoms with E-state index in [0.717, 1.165) is 31.0 Å². The molecule has 0 aliphatic carbocycles. The van der Waals surface area contributed by atoms with Gasteiger partial charge in [-0.2, -0.15) is 0 Å². The monoisotopic (exact) mass is 718 g/mol. The number of rotatable bonds is 43. The average molecular weight is 718 g/mol. The maximum atomic E-state index is 6.08. The maximum Gasteiger partial charge on any atom is 0.0468 e. The van der Waals surface area contributed by atoms with Crippen molar-refractivity contribution in [3.8, 4) is 0 Å². The van der Waals surface area contributed by atoms with Crippen molar-refractivity contribution >= 4 is 0 Å². The van der Waals surface area contributed by atoms with Gasteiger partial charge in [0.1, 0.15) is 0 Å². The van der Waals surface area contributed by atoms with E-state index in [0.29, 0.717) is 0 Å². The van der Waals surface area contributed by atoms with E-state index in [1.54, 1.807) is 0 Å². The maximum absolute atomic E-state index is 6.08. The van der Waals surface area contributed by atoms with E-state index in [2.05, 4.69) is 53.3 Å². The van der Waals surface area contributed by atoms with E-state index in [1.165, 1.54) is 237 Å². The Morgan fingerprint density at radius 1 is 0.392 bits per heavy atom. The van der Waals surface area contributed by atoms with Crippen LogP contribution in [0.1, 0.15) is 252 Å². The Morgan fingerprint density at radius 3 is 1.22 bits per heavy atom. The van der Waals surface area contributed by atoms with E-state index < -0.39 is 0 Å². The van der Waals surface area contributed by atoms with Gasteiger partial charge in [-0.1, -0.05) is 213 Å². The Hall–Kier alpha value is -0.340. The second kappa shape index (κ2) is 40.8. The van der Waals surface area contributed by atoms with Crippen molar-refractivity contribution in [1.29, 1.82) is 0 Å². The molecule has 0 bridgehead atoms. The molecule has 0 amide bonds. The van der Waals surface area contributed by atoms with E-state index in [9.17, 15) is 0 Å². The number of allylic oxidation sites excluding steroid dienone is 1. The summed E-state index contributed by atoms with van der Waals surface area (Å²) >= 11 is 0. The van der Waals surface area contributed by atoms with Crippen LogP contribution in [0.4, 0.5) is 0 Å². The van der Waals surface area contributed by atoms with Crippen LogP contribution in [0, 0.1) is 17.8 Å². The highest BCUT2D eigenvalue weighted by molar-refractivity contribution is 4.93. The molecule has 0 rings (SSSR count). The first-order valence-electron chi connectivity index (χ1n) is 23.9. The fraction of sp³-hybridized carbons (Fsp3) is 0.959. The third kappa shape index (κ3) is 37.8. The largest absolute Gasteiger partial charge is 0.381 e. The summed E-state index contributed by atoms with van der Waals surface area (Å²) in [6, 6.07) is 0. The Bertz CT molecular complexity index is 653. The lowest BCUT2D eigenvalue weighted by Crippen LogP contribution is -2.21. The highest BCUT2D eigenvalue weighted by Gasteiger charge is 2.12. The number of hydrogen-bond donors (Lipinski definition) is 0. The van der Waals surface area contributed by atoms with Crippen molar-refractivity contribution in [1.82, 2.24) is 4.90 Å². The third-order valence-corrected chi connectivity index (χ3v) is 11.8. The molecular weight excluding hydrogens is 619 g/mol. The molecule has 0 aliphatic heterocycles. The minimum absolute atomic E-state index is 0.891. The van der Waals surface area contributed by atoms with Crippen LogP contribution in [0.25, 0.3) is 0 Å². The highest BCUT2D eigenvalue weighted by Crippen LogP contribution is 2.26. The summed E-state index contributed by atoms with van der Waals surface area (Å²) in [6.45, 7) is 17.0. The summed E-state index contributed by atoms with van der Waals surface area (Å²) in [4.78, 5) is 2.43. The molecule has 0 aliphatic rings. The van der Waals surface area contributed by atoms with Gasteiger partial charge < -0.3 is 9.64 Å². The van der Waals surface area contributed by atoms with Crippen molar-refractivity contribution in [2.45, 2.75) is 252 Å². The molecule has 2 nitrogen and oxygen atoms in total. The summed E-state index contributed by atoms with van der Waals surface area (Å²) in [6.07, 6.45) is 48.8. The Kier molecular flexibility index (Phi) is 40.6. The molecule has 0 fully saturated rings. The van der Waals surface area contributed by atoms with Crippen molar-refractivity contribution in [3.63, 3.8) is 0 Å². The predicted molar refractivity (Wildman–Crippen MR) is 233 cm³/mol. The molecule has 0 aromatic heterocycles. The number of ether oxygens (including phenoxy) is 1. The van der Waals surface area contributed by atoms with Gasteiger partial charge >= 0.3 is 0 Å². The molecule has 0 N–H and O–H groups in total. The average Bonchev–Trinajstić information content (AvgIpc) is 3.11. The molecule has 0 saturated heterocycles. The van der Waals surface area contributed by atoms with Crippen LogP contribution in [0.3, 0.4) is 0 Å². The quantitative estimate of drug-likeness (QED) is 0.0460. The summed E-state index contributed by atoms with van der Waals surface area (Å²) < 4.78 is 6.08. The molecule has 1 unspecified atom stereocenters. The topological polar surface area (TPSA) is 12.5 Å². The van der Waals surface area contributed by atoms with Gasteiger partial charge in [-0.25, -0.2) is 0 Å². The SMILES string of the molecule is C=C(CCCCCCCC(CCCCCCCCCOCCC(CCCCC)CCCCC)CN(C)C)CCCC(CCCCC)CCCCC. The van der Waals surface area contributed by atoms with Crippen LogP contribution in [0.15, 0.2) is 12.2 Å². The molecule has 0 heterocycles. The molecular formula is C49H99NO. The molecule has 51 heavy (non-hydrogen) atoms. The van der Waals surface area contributed by atoms with Gasteiger partial charge in [0, 0.05) is 19.8 Å². The van der Waals surface area contributed by atoms with Gasteiger partial charge in [0.05, 0.1) is 0 Å². The molecule has 0 aromatic carbocycles. The lowest BCUT2D eigenvalue weighted by Gasteiger charge is -2.21. The normalized spacial score (nSPS) is 12.6. The van der Waals surface area contributed by atoms with Gasteiger partial charge in [-0.15, -0.1) is 0 Å². The Labute approximate surface area is 324 Å². The zero-order chi connectivity index (χ0) is 37.5. The van der Waals surface area contributed by atoms with Crippen LogP contribution < -0.4 is 0 Å². The van der Waals surface area contributed by atoms with Crippen molar-refractivity contribution in [3.05, 3.63) is 12.2 Å². The number of unbranched alkanes of at least 4 members (excludes halogenated alkanes) is 18. The molecule has 306 valence electrons. The summed E-state index contributed by atoms with van der Waals surface area (Å²) in [5.41, 5.74) is 1.53. The van der Waals surface area contributed by atoms with Crippen LogP contribution in [-0.2, 0) is 4.74 Å². The van der Waals surface area contributed by atoms with Crippen molar-refractivity contribution in [2.75, 3.05) is 33.9 Å². The fourth-order valence-corrected chi connectivity index (χ4v) is 8.42. The number of hydrogen-bond acceptors (Lipinski definition) is 2. The summed E-state index contributed by atoms with van der Waals surface area (Å²) in [5.74, 6) is 2.77. The minimum atomic E-state index is 0.891. The first kappa shape index (κ1) is 50.7. The van der Waals surface area contributed by atoms with Crippen LogP contribution in [0.2, 0.25) is 0 Å². The molecule has 2 heteroatoms. The van der Waals surface area contributed by atoms with E-state index in [4.69, 9.17) is 4.74 Å². The number of nitrogens with zero attached hydrogens (tertiary/aromatic N) is 1. The Morgan fingerprint density at radius 2 is 0.745 bits per heavy atom. The smallest absolute Gasteiger partial charge is 0.0468 e. The first-order chi connectivity index (χ1) is 25.0. The van der Waals surface area contributed by atoms with Crippen LogP contribution in [-0.4, -0.2) is 38.8 Å². The molecule has 0 radical (unpaired) electrons. The Balaban J connectivity index is 3.87. The predicted octanol–water partition coefficient (Wildman–Crippen LogP) is 16.7.